The molecule has 0 aromatic carbocycles. The largest absolute Gasteiger partial charge is 0.772 e. The molecule has 0 aliphatic heterocycles. The number of hydrogen-bond acceptors (Lipinski definition) is 6. The van der Waals surface area contributed by atoms with Gasteiger partial charge in [0.05, 0.1) is 28.6 Å². The van der Waals surface area contributed by atoms with Gasteiger partial charge in [0.25, 0.3) is 0 Å². The predicted octanol–water partition coefficient (Wildman–Crippen LogP) is 2.90. The summed E-state index contributed by atoms with van der Waals surface area (Å²) in [5, 5.41) is -0.665. The van der Waals surface area contributed by atoms with E-state index in [1.165, 1.54) is 12.0 Å². The number of nitrogens with zero attached hydrogens (tertiary/aromatic N) is 2. The molecule has 0 bridgehead atoms. The van der Waals surface area contributed by atoms with Gasteiger partial charge in [-0.1, -0.05) is 17.4 Å². The predicted molar refractivity (Wildman–Crippen MR) is 96.1 cm³/mol. The first-order valence-electron chi connectivity index (χ1n) is 8.06. The molecule has 2 aliphatic rings. The molecule has 4 rings (SSSR count). The number of imidazole rings is 1. The summed E-state index contributed by atoms with van der Waals surface area (Å²) < 4.78 is 36.1. The van der Waals surface area contributed by atoms with Crippen LogP contribution in [0.25, 0.3) is 10.5 Å². The number of allylic oxidation sites excluding steroid dienone is 3. The molecule has 2 atom stereocenters. The van der Waals surface area contributed by atoms with Crippen LogP contribution in [0.2, 0.25) is 0 Å². The molecule has 2 unspecified atom stereocenters. The molecule has 25 heavy (non-hydrogen) atoms. The second-order valence-electron chi connectivity index (χ2n) is 6.41. The highest BCUT2D eigenvalue weighted by Gasteiger charge is 2.46. The summed E-state index contributed by atoms with van der Waals surface area (Å²) in [6, 6.07) is 0. The van der Waals surface area contributed by atoms with Crippen molar-refractivity contribution in [2.45, 2.75) is 37.0 Å². The number of hydrogen-bond donors (Lipinski definition) is 0. The molecule has 0 spiro atoms. The van der Waals surface area contributed by atoms with Gasteiger partial charge in [0.15, 0.2) is 4.96 Å². The first-order valence-corrected chi connectivity index (χ1v) is 10.0. The fraction of sp³-hybridized carbons (Fsp3) is 0.471. The summed E-state index contributed by atoms with van der Waals surface area (Å²) in [5.41, 5.74) is 2.66. The summed E-state index contributed by atoms with van der Waals surface area (Å²) >= 11 is -0.596. The Hall–Kier alpha value is -1.48. The molecule has 1 saturated carbocycles. The molecule has 2 aromatic heterocycles. The van der Waals surface area contributed by atoms with Gasteiger partial charge < -0.3 is 14.0 Å². The van der Waals surface area contributed by atoms with Crippen LogP contribution in [0.4, 0.5) is 0 Å². The second kappa shape index (κ2) is 6.05. The summed E-state index contributed by atoms with van der Waals surface area (Å²) in [4.78, 5) is 6.76. The summed E-state index contributed by atoms with van der Waals surface area (Å²) in [5.74, 6) is 0.470. The maximum absolute atomic E-state index is 11.6. The standard InChI is InChI=1S/C17H20N2O4S2/c1-10-15(11-4-5-12(22-2)13(8-11)25(20)21)19-9-14(24-16(19)18-10)17(23-3)6-7-17/h4-5,9,13H,6-8H2,1-3H3,(H,20,21)/p-1. The van der Waals surface area contributed by atoms with Gasteiger partial charge >= 0.3 is 0 Å². The number of rotatable bonds is 5. The summed E-state index contributed by atoms with van der Waals surface area (Å²) in [6.07, 6.45) is 8.20. The van der Waals surface area contributed by atoms with Gasteiger partial charge in [0, 0.05) is 13.3 Å². The minimum absolute atomic E-state index is 0.153. The third-order valence-electron chi connectivity index (χ3n) is 4.99. The van der Waals surface area contributed by atoms with Gasteiger partial charge in [-0.3, -0.25) is 8.61 Å². The van der Waals surface area contributed by atoms with Crippen molar-refractivity contribution in [2.75, 3.05) is 14.2 Å². The lowest BCUT2D eigenvalue weighted by Crippen LogP contribution is -2.22. The van der Waals surface area contributed by atoms with E-state index in [0.717, 1.165) is 34.8 Å². The SMILES string of the molecule is COC1=CC=C(c2c(C)nc3sc(C4(OC)CC4)cn23)CC1S(=O)[O-]. The molecule has 2 aromatic rings. The summed E-state index contributed by atoms with van der Waals surface area (Å²) in [6.45, 7) is 1.96. The van der Waals surface area contributed by atoms with Crippen LogP contribution in [0.3, 0.4) is 0 Å². The molecule has 0 saturated heterocycles. The van der Waals surface area contributed by atoms with Crippen molar-refractivity contribution >= 4 is 33.0 Å². The Morgan fingerprint density at radius 1 is 1.40 bits per heavy atom. The van der Waals surface area contributed by atoms with Gasteiger partial charge in [-0.25, -0.2) is 4.98 Å². The first kappa shape index (κ1) is 17.0. The quantitative estimate of drug-likeness (QED) is 0.747. The van der Waals surface area contributed by atoms with Crippen LogP contribution in [0.15, 0.2) is 24.1 Å². The van der Waals surface area contributed by atoms with E-state index in [9.17, 15) is 8.76 Å². The zero-order valence-corrected chi connectivity index (χ0v) is 15.9. The van der Waals surface area contributed by atoms with E-state index in [1.54, 1.807) is 24.5 Å². The molecule has 1 fully saturated rings. The van der Waals surface area contributed by atoms with Crippen molar-refractivity contribution < 1.29 is 18.2 Å². The van der Waals surface area contributed by atoms with Crippen molar-refractivity contribution in [1.82, 2.24) is 9.38 Å². The zero-order valence-electron chi connectivity index (χ0n) is 14.3. The van der Waals surface area contributed by atoms with Crippen molar-refractivity contribution in [2.24, 2.45) is 0 Å². The highest BCUT2D eigenvalue weighted by atomic mass is 32.2. The molecule has 2 heterocycles. The van der Waals surface area contributed by atoms with Crippen LogP contribution >= 0.6 is 11.3 Å². The van der Waals surface area contributed by atoms with E-state index in [-0.39, 0.29) is 5.60 Å². The molecule has 6 nitrogen and oxygen atoms in total. The van der Waals surface area contributed by atoms with Gasteiger partial charge in [-0.15, -0.1) is 0 Å². The molecular formula is C17H19N2O4S2-. The lowest BCUT2D eigenvalue weighted by Gasteiger charge is -2.25. The van der Waals surface area contributed by atoms with Crippen molar-refractivity contribution in [3.05, 3.63) is 40.4 Å². The van der Waals surface area contributed by atoms with Crippen LogP contribution < -0.4 is 0 Å². The normalized spacial score (nSPS) is 23.3. The number of aryl methyl sites for hydroxylation is 1. The fourth-order valence-corrected chi connectivity index (χ4v) is 5.35. The second-order valence-corrected chi connectivity index (χ2v) is 8.51. The van der Waals surface area contributed by atoms with Crippen LogP contribution in [-0.4, -0.2) is 37.6 Å². The van der Waals surface area contributed by atoms with Crippen molar-refractivity contribution in [3.8, 4) is 0 Å². The first-order chi connectivity index (χ1) is 12.0. The Morgan fingerprint density at radius 2 is 2.16 bits per heavy atom. The average Bonchev–Trinajstić information content (AvgIpc) is 3.21. The topological polar surface area (TPSA) is 75.9 Å². The Labute approximate surface area is 152 Å². The minimum Gasteiger partial charge on any atom is -0.772 e. The Balaban J connectivity index is 1.78. The molecule has 134 valence electrons. The molecule has 0 N–H and O–H groups in total. The van der Waals surface area contributed by atoms with E-state index < -0.39 is 16.3 Å². The van der Waals surface area contributed by atoms with E-state index in [0.29, 0.717) is 12.2 Å². The van der Waals surface area contributed by atoms with Crippen molar-refractivity contribution in [1.29, 1.82) is 0 Å². The van der Waals surface area contributed by atoms with Crippen molar-refractivity contribution in [3.63, 3.8) is 0 Å². The van der Waals surface area contributed by atoms with E-state index in [4.69, 9.17) is 9.47 Å². The number of aromatic nitrogens is 2. The smallest absolute Gasteiger partial charge is 0.194 e. The highest BCUT2D eigenvalue weighted by Crippen LogP contribution is 2.51. The van der Waals surface area contributed by atoms with Gasteiger partial charge in [-0.05, 0) is 48.9 Å². The number of thiazole rings is 1. The van der Waals surface area contributed by atoms with Crippen LogP contribution in [0.1, 0.15) is 35.5 Å². The molecule has 2 aliphatic carbocycles. The minimum atomic E-state index is -2.24. The van der Waals surface area contributed by atoms with E-state index >= 15 is 0 Å². The van der Waals surface area contributed by atoms with Crippen LogP contribution in [-0.2, 0) is 26.2 Å². The average molecular weight is 379 g/mol. The Kier molecular flexibility index (Phi) is 4.10. The Bertz CT molecular complexity index is 921. The lowest BCUT2D eigenvalue weighted by molar-refractivity contribution is 0.0818. The zero-order chi connectivity index (χ0) is 17.8. The fourth-order valence-electron chi connectivity index (χ4n) is 3.41. The van der Waals surface area contributed by atoms with Crippen LogP contribution in [0.5, 0.6) is 0 Å². The van der Waals surface area contributed by atoms with Gasteiger partial charge in [-0.2, -0.15) is 0 Å². The third-order valence-corrected chi connectivity index (χ3v) is 7.02. The maximum atomic E-state index is 11.6. The van der Waals surface area contributed by atoms with Gasteiger partial charge in [0.1, 0.15) is 11.4 Å². The Morgan fingerprint density at radius 3 is 2.76 bits per heavy atom. The number of fused-ring (bicyclic) bond motifs is 1. The third kappa shape index (κ3) is 2.68. The van der Waals surface area contributed by atoms with Gasteiger partial charge in [0.2, 0.25) is 0 Å². The molecule has 0 amide bonds. The van der Waals surface area contributed by atoms with Crippen LogP contribution in [0, 0.1) is 6.92 Å². The number of methoxy groups -OCH3 is 2. The molecule has 0 radical (unpaired) electrons. The maximum Gasteiger partial charge on any atom is 0.194 e. The molecule has 8 heteroatoms. The van der Waals surface area contributed by atoms with E-state index in [1.807, 2.05) is 13.0 Å². The van der Waals surface area contributed by atoms with E-state index in [2.05, 4.69) is 15.6 Å². The monoisotopic (exact) mass is 379 g/mol. The number of ether oxygens (including phenoxy) is 2. The highest BCUT2D eigenvalue weighted by molar-refractivity contribution is 7.80. The summed E-state index contributed by atoms with van der Waals surface area (Å²) in [7, 11) is 3.24. The lowest BCUT2D eigenvalue weighted by atomic mass is 9.99. The molecular weight excluding hydrogens is 360 g/mol.